The normalized spacial score (nSPS) is 16.5. The summed E-state index contributed by atoms with van der Waals surface area (Å²) in [5.41, 5.74) is 6.13. The third-order valence-corrected chi connectivity index (χ3v) is 8.04. The van der Waals surface area contributed by atoms with Gasteiger partial charge in [-0.25, -0.2) is 4.39 Å². The van der Waals surface area contributed by atoms with E-state index in [1.54, 1.807) is 24.3 Å². The highest BCUT2D eigenvalue weighted by molar-refractivity contribution is 5.99. The van der Waals surface area contributed by atoms with Crippen LogP contribution >= 0.6 is 0 Å². The van der Waals surface area contributed by atoms with Crippen LogP contribution < -0.4 is 21.6 Å². The van der Waals surface area contributed by atoms with Crippen LogP contribution in [-0.2, 0) is 0 Å². The summed E-state index contributed by atoms with van der Waals surface area (Å²) in [4.78, 5) is 8.43. The summed E-state index contributed by atoms with van der Waals surface area (Å²) in [7, 11) is 0. The maximum absolute atomic E-state index is 14.8. The lowest BCUT2D eigenvalue weighted by Gasteiger charge is -2.28. The van der Waals surface area contributed by atoms with Gasteiger partial charge in [-0.2, -0.15) is 23.7 Å². The van der Waals surface area contributed by atoms with Gasteiger partial charge >= 0.3 is 6.18 Å². The summed E-state index contributed by atoms with van der Waals surface area (Å²) in [6.07, 6.45) is 1.10. The lowest BCUT2D eigenvalue weighted by molar-refractivity contribution is -0.195. The van der Waals surface area contributed by atoms with Crippen molar-refractivity contribution in [3.05, 3.63) is 83.3 Å². The van der Waals surface area contributed by atoms with Crippen molar-refractivity contribution in [3.63, 3.8) is 0 Å². The van der Waals surface area contributed by atoms with Crippen LogP contribution in [0.2, 0.25) is 0 Å². The van der Waals surface area contributed by atoms with Crippen LogP contribution in [0.25, 0.3) is 21.7 Å². The predicted octanol–water partition coefficient (Wildman–Crippen LogP) is 6.54. The molecular formula is C32H29F4N9. The Morgan fingerprint density at radius 2 is 1.78 bits per heavy atom. The zero-order chi connectivity index (χ0) is 32.1. The highest BCUT2D eigenvalue weighted by Gasteiger charge is 2.67. The van der Waals surface area contributed by atoms with Crippen molar-refractivity contribution < 1.29 is 17.6 Å². The van der Waals surface area contributed by atoms with Crippen LogP contribution in [0.4, 0.5) is 28.9 Å². The second kappa shape index (κ2) is 10.8. The molecule has 1 aliphatic heterocycles. The van der Waals surface area contributed by atoms with Gasteiger partial charge in [-0.15, -0.1) is 5.53 Å². The number of hydrogen-bond donors (Lipinski definition) is 4. The molecule has 2 aromatic heterocycles. The molecule has 1 fully saturated rings. The van der Waals surface area contributed by atoms with Crippen molar-refractivity contribution in [3.8, 4) is 12.1 Å². The molecule has 0 bridgehead atoms. The number of benzene rings is 2. The van der Waals surface area contributed by atoms with Crippen molar-refractivity contribution >= 4 is 33.1 Å². The van der Waals surface area contributed by atoms with Gasteiger partial charge in [0.2, 0.25) is 0 Å². The maximum atomic E-state index is 14.8. The zero-order valence-electron chi connectivity index (χ0n) is 24.6. The van der Waals surface area contributed by atoms with Gasteiger partial charge in [0.1, 0.15) is 18.0 Å². The van der Waals surface area contributed by atoms with Gasteiger partial charge in [-0.1, -0.05) is 26.8 Å². The first-order valence-electron chi connectivity index (χ1n) is 14.2. The van der Waals surface area contributed by atoms with Gasteiger partial charge in [0.25, 0.3) is 0 Å². The van der Waals surface area contributed by atoms with Gasteiger partial charge in [-0.05, 0) is 53.5 Å². The summed E-state index contributed by atoms with van der Waals surface area (Å²) < 4.78 is 56.8. The minimum absolute atomic E-state index is 0.0625. The largest absolute Gasteiger partial charge is 0.413 e. The van der Waals surface area contributed by atoms with Gasteiger partial charge < -0.3 is 16.1 Å². The molecule has 2 aliphatic rings. The highest BCUT2D eigenvalue weighted by atomic mass is 19.4. The number of rotatable bonds is 7. The first-order chi connectivity index (χ1) is 21.3. The molecule has 0 saturated heterocycles. The van der Waals surface area contributed by atoms with Gasteiger partial charge in [0.05, 0.1) is 34.1 Å². The quantitative estimate of drug-likeness (QED) is 0.172. The number of aromatic nitrogens is 2. The number of hydrazine groups is 2. The molecular weight excluding hydrogens is 586 g/mol. The number of nitrogens with one attached hydrogen (secondary N) is 4. The number of fused-ring (bicyclic) bond motifs is 2. The fourth-order valence-corrected chi connectivity index (χ4v) is 5.51. The second-order valence-corrected chi connectivity index (χ2v) is 12.5. The Morgan fingerprint density at radius 1 is 1.02 bits per heavy atom. The number of hydrogen-bond acceptors (Lipinski definition) is 9. The first-order valence-corrected chi connectivity index (χ1v) is 14.2. The predicted molar refractivity (Wildman–Crippen MR) is 161 cm³/mol. The van der Waals surface area contributed by atoms with E-state index in [-0.39, 0.29) is 29.2 Å². The number of alkyl halides is 3. The Hall–Kier alpha value is -5.14. The minimum atomic E-state index is -4.47. The van der Waals surface area contributed by atoms with Crippen molar-refractivity contribution in [1.29, 1.82) is 10.5 Å². The average molecular weight is 616 g/mol. The Labute approximate surface area is 256 Å². The number of halogens is 4. The molecule has 2 aromatic carbocycles. The fourth-order valence-electron chi connectivity index (χ4n) is 5.51. The maximum Gasteiger partial charge on any atom is 0.413 e. The molecule has 1 aliphatic carbocycles. The molecule has 3 heterocycles. The number of nitrogens with zero attached hydrogens (tertiary/aromatic N) is 5. The van der Waals surface area contributed by atoms with E-state index in [9.17, 15) is 28.1 Å². The van der Waals surface area contributed by atoms with E-state index in [0.717, 1.165) is 5.01 Å². The number of pyridine rings is 2. The van der Waals surface area contributed by atoms with Crippen molar-refractivity contribution in [2.24, 2.45) is 5.41 Å². The topological polar surface area (TPSA) is 125 Å². The van der Waals surface area contributed by atoms with Crippen LogP contribution in [0.3, 0.4) is 0 Å². The van der Waals surface area contributed by atoms with Crippen molar-refractivity contribution in [2.75, 3.05) is 17.2 Å². The molecule has 6 rings (SSSR count). The zero-order valence-corrected chi connectivity index (χ0v) is 24.6. The van der Waals surface area contributed by atoms with E-state index in [2.05, 4.69) is 43.7 Å². The lowest BCUT2D eigenvalue weighted by atomic mass is 9.95. The molecule has 1 saturated carbocycles. The first kappa shape index (κ1) is 29.9. The van der Waals surface area contributed by atoms with E-state index in [1.807, 2.05) is 20.8 Å². The number of nitriles is 2. The smallest absolute Gasteiger partial charge is 0.383 e. The summed E-state index contributed by atoms with van der Waals surface area (Å²) in [6.45, 7) is 6.65. The van der Waals surface area contributed by atoms with E-state index in [1.165, 1.54) is 30.9 Å². The van der Waals surface area contributed by atoms with Crippen molar-refractivity contribution in [2.45, 2.75) is 51.4 Å². The molecule has 4 aromatic rings. The fraction of sp³-hybridized carbons (Fsp3) is 0.312. The standard InChI is InChI=1S/C32H29F4N9/c1-30(2,3)17-41-28-19(13-38)14-40-27-18(12-37)10-20(11-23(27)28)42-29(22-4-5-25(33)24-15-39-9-6-21(22)24)26-16-45(44-43-26)31(7-8-31)32(34,35)36/h4-6,9-11,14-16,29,42-44H,7-8,17H2,1-3H3,(H,40,41)/t29-/m0/s1. The Kier molecular flexibility index (Phi) is 7.17. The Balaban J connectivity index is 1.50. The lowest BCUT2D eigenvalue weighted by Crippen LogP contribution is -2.52. The van der Waals surface area contributed by atoms with Gasteiger partial charge in [0.15, 0.2) is 5.54 Å². The third kappa shape index (κ3) is 5.40. The molecule has 0 spiro atoms. The second-order valence-electron chi connectivity index (χ2n) is 12.5. The van der Waals surface area contributed by atoms with Crippen LogP contribution in [0.1, 0.15) is 56.3 Å². The van der Waals surface area contributed by atoms with Crippen molar-refractivity contribution in [1.82, 2.24) is 25.9 Å². The third-order valence-electron chi connectivity index (χ3n) is 8.04. The highest BCUT2D eigenvalue weighted by Crippen LogP contribution is 2.54. The summed E-state index contributed by atoms with van der Waals surface area (Å²) in [5, 5.41) is 29.0. The Bertz CT molecular complexity index is 1930. The molecule has 0 radical (unpaired) electrons. The van der Waals surface area contributed by atoms with Crippen LogP contribution in [0.15, 0.2) is 60.8 Å². The Morgan fingerprint density at radius 3 is 2.44 bits per heavy atom. The molecule has 0 amide bonds. The molecule has 45 heavy (non-hydrogen) atoms. The van der Waals surface area contributed by atoms with E-state index >= 15 is 0 Å². The van der Waals surface area contributed by atoms with Gasteiger partial charge in [0, 0.05) is 47.8 Å². The molecule has 4 N–H and O–H groups in total. The van der Waals surface area contributed by atoms with E-state index in [4.69, 9.17) is 0 Å². The van der Waals surface area contributed by atoms with Crippen LogP contribution in [0, 0.1) is 33.9 Å². The monoisotopic (exact) mass is 615 g/mol. The summed E-state index contributed by atoms with van der Waals surface area (Å²) in [5.74, 6) is -0.495. The molecule has 0 unspecified atom stereocenters. The minimum Gasteiger partial charge on any atom is -0.383 e. The molecule has 9 nitrogen and oxygen atoms in total. The van der Waals surface area contributed by atoms with E-state index in [0.29, 0.717) is 51.0 Å². The molecule has 1 atom stereocenters. The SMILES string of the molecule is CC(C)(C)CNc1c(C#N)cnc2c(C#N)cc(N[C@H](C3=CN(C4(C(F)(F)F)CC4)NN3)c3ccc(F)c4cnccc34)cc12. The molecule has 230 valence electrons. The van der Waals surface area contributed by atoms with Gasteiger partial charge in [-0.3, -0.25) is 15.0 Å². The van der Waals surface area contributed by atoms with Crippen LogP contribution in [0.5, 0.6) is 0 Å². The molecule has 13 heteroatoms. The average Bonchev–Trinajstić information content (AvgIpc) is 3.69. The summed E-state index contributed by atoms with van der Waals surface area (Å²) in [6, 6.07) is 11.3. The number of anilines is 2. The summed E-state index contributed by atoms with van der Waals surface area (Å²) >= 11 is 0. The van der Waals surface area contributed by atoms with E-state index < -0.39 is 23.6 Å². The van der Waals surface area contributed by atoms with Crippen LogP contribution in [-0.4, -0.2) is 33.2 Å².